The molecule has 136 valence electrons. The Labute approximate surface area is 153 Å². The van der Waals surface area contributed by atoms with Gasteiger partial charge in [-0.1, -0.05) is 26.0 Å². The SMILES string of the molecule is COc1ccc(C(NC(=O)C2CSC3(C)CCC(=O)N23)C(C)C)cc1. The standard InChI is InChI=1S/C19H26N2O3S/c1-12(2)17(13-5-7-14(24-4)8-6-13)20-18(23)15-11-25-19(3)10-9-16(22)21(15)19/h5-8,12,15,17H,9-11H2,1-4H3,(H,20,23). The normalized spacial score (nSPS) is 26.7. The van der Waals surface area contributed by atoms with Crippen molar-refractivity contribution in [2.45, 2.75) is 50.6 Å². The number of amides is 2. The van der Waals surface area contributed by atoms with Gasteiger partial charge in [0.2, 0.25) is 11.8 Å². The molecule has 25 heavy (non-hydrogen) atoms. The van der Waals surface area contributed by atoms with E-state index < -0.39 is 0 Å². The van der Waals surface area contributed by atoms with Gasteiger partial charge >= 0.3 is 0 Å². The van der Waals surface area contributed by atoms with E-state index >= 15 is 0 Å². The Balaban J connectivity index is 1.76. The highest BCUT2D eigenvalue weighted by atomic mass is 32.2. The topological polar surface area (TPSA) is 58.6 Å². The molecule has 3 atom stereocenters. The highest BCUT2D eigenvalue weighted by molar-refractivity contribution is 8.01. The first-order valence-electron chi connectivity index (χ1n) is 8.76. The van der Waals surface area contributed by atoms with Crippen molar-refractivity contribution in [3.63, 3.8) is 0 Å². The summed E-state index contributed by atoms with van der Waals surface area (Å²) in [6, 6.07) is 7.32. The Morgan fingerprint density at radius 3 is 2.64 bits per heavy atom. The maximum atomic E-state index is 12.9. The van der Waals surface area contributed by atoms with Crippen LogP contribution in [0, 0.1) is 5.92 Å². The molecule has 0 aromatic heterocycles. The molecule has 3 unspecified atom stereocenters. The van der Waals surface area contributed by atoms with E-state index in [9.17, 15) is 9.59 Å². The third-order valence-electron chi connectivity index (χ3n) is 5.19. The first kappa shape index (κ1) is 18.1. The Kier molecular flexibility index (Phi) is 5.00. The second kappa shape index (κ2) is 6.90. The minimum atomic E-state index is -0.371. The zero-order chi connectivity index (χ0) is 18.2. The minimum Gasteiger partial charge on any atom is -0.497 e. The molecule has 2 aliphatic heterocycles. The number of hydrogen-bond acceptors (Lipinski definition) is 4. The molecule has 6 heteroatoms. The van der Waals surface area contributed by atoms with Gasteiger partial charge in [-0.15, -0.1) is 11.8 Å². The smallest absolute Gasteiger partial charge is 0.244 e. The van der Waals surface area contributed by atoms with Gasteiger partial charge in [0, 0.05) is 12.2 Å². The Morgan fingerprint density at radius 2 is 2.04 bits per heavy atom. The quantitative estimate of drug-likeness (QED) is 0.875. The van der Waals surface area contributed by atoms with Crippen LogP contribution in [0.3, 0.4) is 0 Å². The van der Waals surface area contributed by atoms with E-state index in [0.29, 0.717) is 12.2 Å². The Hall–Kier alpha value is -1.69. The van der Waals surface area contributed by atoms with Crippen LogP contribution in [-0.2, 0) is 9.59 Å². The maximum Gasteiger partial charge on any atom is 0.244 e. The summed E-state index contributed by atoms with van der Waals surface area (Å²) in [5, 5.41) is 3.18. The fourth-order valence-corrected chi connectivity index (χ4v) is 5.14. The molecule has 0 aliphatic carbocycles. The summed E-state index contributed by atoms with van der Waals surface area (Å²) < 4.78 is 5.21. The second-order valence-corrected chi connectivity index (χ2v) is 8.77. The monoisotopic (exact) mass is 362 g/mol. The van der Waals surface area contributed by atoms with E-state index in [2.05, 4.69) is 26.1 Å². The zero-order valence-electron chi connectivity index (χ0n) is 15.2. The van der Waals surface area contributed by atoms with Crippen molar-refractivity contribution >= 4 is 23.6 Å². The van der Waals surface area contributed by atoms with E-state index in [4.69, 9.17) is 4.74 Å². The molecule has 1 N–H and O–H groups in total. The van der Waals surface area contributed by atoms with Crippen molar-refractivity contribution in [3.8, 4) is 5.75 Å². The van der Waals surface area contributed by atoms with Crippen molar-refractivity contribution < 1.29 is 14.3 Å². The van der Waals surface area contributed by atoms with Gasteiger partial charge in [0.1, 0.15) is 11.8 Å². The molecule has 3 rings (SSSR count). The molecule has 0 saturated carbocycles. The van der Waals surface area contributed by atoms with Crippen molar-refractivity contribution in [3.05, 3.63) is 29.8 Å². The van der Waals surface area contributed by atoms with Gasteiger partial charge in [-0.05, 0) is 37.0 Å². The summed E-state index contributed by atoms with van der Waals surface area (Å²) in [7, 11) is 1.64. The summed E-state index contributed by atoms with van der Waals surface area (Å²) in [5.74, 6) is 1.75. The van der Waals surface area contributed by atoms with E-state index in [1.165, 1.54) is 0 Å². The summed E-state index contributed by atoms with van der Waals surface area (Å²) in [6.07, 6.45) is 1.37. The predicted octanol–water partition coefficient (Wildman–Crippen LogP) is 2.96. The number of nitrogens with one attached hydrogen (secondary N) is 1. The van der Waals surface area contributed by atoms with Gasteiger partial charge < -0.3 is 15.0 Å². The average Bonchev–Trinajstić information content (AvgIpc) is 3.09. The summed E-state index contributed by atoms with van der Waals surface area (Å²) in [6.45, 7) is 6.24. The molecule has 5 nitrogen and oxygen atoms in total. The van der Waals surface area contributed by atoms with Crippen molar-refractivity contribution in [1.82, 2.24) is 10.2 Å². The number of methoxy groups -OCH3 is 1. The van der Waals surface area contributed by atoms with Gasteiger partial charge in [0.25, 0.3) is 0 Å². The number of carbonyl (C=O) groups is 2. The minimum absolute atomic E-state index is 0.0546. The van der Waals surface area contributed by atoms with Crippen LogP contribution in [0.15, 0.2) is 24.3 Å². The number of nitrogens with zero attached hydrogens (tertiary/aromatic N) is 1. The number of rotatable bonds is 5. The first-order valence-corrected chi connectivity index (χ1v) is 9.75. The molecular weight excluding hydrogens is 336 g/mol. The molecule has 1 aromatic carbocycles. The van der Waals surface area contributed by atoms with Crippen LogP contribution in [0.2, 0.25) is 0 Å². The van der Waals surface area contributed by atoms with Crippen molar-refractivity contribution in [2.24, 2.45) is 5.92 Å². The summed E-state index contributed by atoms with van der Waals surface area (Å²) in [5.41, 5.74) is 1.05. The number of fused-ring (bicyclic) bond motifs is 1. The number of benzene rings is 1. The molecule has 0 bridgehead atoms. The molecule has 0 radical (unpaired) electrons. The molecule has 2 saturated heterocycles. The second-order valence-electron chi connectivity index (χ2n) is 7.27. The van der Waals surface area contributed by atoms with Crippen LogP contribution in [0.1, 0.15) is 45.2 Å². The predicted molar refractivity (Wildman–Crippen MR) is 99.4 cm³/mol. The lowest BCUT2D eigenvalue weighted by atomic mass is 9.95. The van der Waals surface area contributed by atoms with Crippen LogP contribution in [-0.4, -0.2) is 40.5 Å². The summed E-state index contributed by atoms with van der Waals surface area (Å²) in [4.78, 5) is 26.8. The summed E-state index contributed by atoms with van der Waals surface area (Å²) >= 11 is 1.72. The molecular formula is C19H26N2O3S. The molecule has 1 aromatic rings. The van der Waals surface area contributed by atoms with Gasteiger partial charge in [-0.3, -0.25) is 9.59 Å². The maximum absolute atomic E-state index is 12.9. The van der Waals surface area contributed by atoms with Gasteiger partial charge in [-0.2, -0.15) is 0 Å². The van der Waals surface area contributed by atoms with Crippen LogP contribution in [0.5, 0.6) is 5.75 Å². The fraction of sp³-hybridized carbons (Fsp3) is 0.579. The zero-order valence-corrected chi connectivity index (χ0v) is 16.1. The Morgan fingerprint density at radius 1 is 1.36 bits per heavy atom. The molecule has 2 fully saturated rings. The highest BCUT2D eigenvalue weighted by Gasteiger charge is 2.53. The molecule has 2 aliphatic rings. The fourth-order valence-electron chi connectivity index (χ4n) is 3.71. The number of ether oxygens (including phenoxy) is 1. The number of hydrogen-bond donors (Lipinski definition) is 1. The lowest BCUT2D eigenvalue weighted by Gasteiger charge is -2.31. The van der Waals surface area contributed by atoms with E-state index in [0.717, 1.165) is 17.7 Å². The van der Waals surface area contributed by atoms with Crippen molar-refractivity contribution in [1.29, 1.82) is 0 Å². The molecule has 2 heterocycles. The third-order valence-corrected chi connectivity index (χ3v) is 6.69. The third kappa shape index (κ3) is 3.36. The van der Waals surface area contributed by atoms with Crippen LogP contribution in [0.4, 0.5) is 0 Å². The average molecular weight is 362 g/mol. The van der Waals surface area contributed by atoms with Gasteiger partial charge in [-0.25, -0.2) is 0 Å². The molecule has 2 amide bonds. The van der Waals surface area contributed by atoms with E-state index in [1.807, 2.05) is 24.3 Å². The van der Waals surface area contributed by atoms with Crippen molar-refractivity contribution in [2.75, 3.05) is 12.9 Å². The highest BCUT2D eigenvalue weighted by Crippen LogP contribution is 2.47. The number of thioether (sulfide) groups is 1. The van der Waals surface area contributed by atoms with Gasteiger partial charge in [0.15, 0.2) is 0 Å². The number of carbonyl (C=O) groups excluding carboxylic acids is 2. The van der Waals surface area contributed by atoms with E-state index in [1.54, 1.807) is 23.8 Å². The molecule has 0 spiro atoms. The lowest BCUT2D eigenvalue weighted by molar-refractivity contribution is -0.138. The lowest BCUT2D eigenvalue weighted by Crippen LogP contribution is -2.51. The van der Waals surface area contributed by atoms with Crippen LogP contribution >= 0.6 is 11.8 Å². The van der Waals surface area contributed by atoms with E-state index in [-0.39, 0.29) is 34.7 Å². The Bertz CT molecular complexity index is 661. The van der Waals surface area contributed by atoms with Gasteiger partial charge in [0.05, 0.1) is 18.0 Å². The van der Waals surface area contributed by atoms with Crippen LogP contribution in [0.25, 0.3) is 0 Å². The van der Waals surface area contributed by atoms with Crippen LogP contribution < -0.4 is 10.1 Å². The first-order chi connectivity index (χ1) is 11.9. The largest absolute Gasteiger partial charge is 0.497 e.